The van der Waals surface area contributed by atoms with Gasteiger partial charge in [0.15, 0.2) is 5.96 Å². The van der Waals surface area contributed by atoms with E-state index in [1.54, 1.807) is 7.11 Å². The Labute approximate surface area is 109 Å². The number of nitrogens with one attached hydrogen (secondary N) is 2. The molecule has 2 N–H and O–H groups in total. The maximum atomic E-state index is 5.13. The zero-order chi connectivity index (χ0) is 13.2. The predicted octanol–water partition coefficient (Wildman–Crippen LogP) is 1.91. The topological polar surface area (TPSA) is 45.7 Å². The Kier molecular flexibility index (Phi) is 6.87. The molecular formula is C14H23N3O. The number of methoxy groups -OCH3 is 1. The molecule has 4 heteroatoms. The number of aliphatic imine (C=N–C) groups is 1. The van der Waals surface area contributed by atoms with E-state index in [1.165, 1.54) is 11.1 Å². The lowest BCUT2D eigenvalue weighted by Crippen LogP contribution is -2.36. The van der Waals surface area contributed by atoms with Gasteiger partial charge in [-0.3, -0.25) is 0 Å². The quantitative estimate of drug-likeness (QED) is 0.598. The van der Waals surface area contributed by atoms with Crippen molar-refractivity contribution in [2.45, 2.75) is 27.0 Å². The summed E-state index contributed by atoms with van der Waals surface area (Å²) in [7, 11) is 1.71. The monoisotopic (exact) mass is 249 g/mol. The molecule has 4 nitrogen and oxygen atoms in total. The minimum atomic E-state index is 0.644. The Bertz CT molecular complexity index is 369. The number of rotatable bonds is 6. The van der Waals surface area contributed by atoms with Gasteiger partial charge in [0.1, 0.15) is 0 Å². The molecule has 0 heterocycles. The van der Waals surface area contributed by atoms with Crippen LogP contribution in [0.5, 0.6) is 0 Å². The van der Waals surface area contributed by atoms with Crippen LogP contribution in [-0.4, -0.2) is 26.2 Å². The summed E-state index contributed by atoms with van der Waals surface area (Å²) in [6.45, 7) is 7.18. The Morgan fingerprint density at radius 1 is 1.17 bits per heavy atom. The third kappa shape index (κ3) is 5.19. The zero-order valence-electron chi connectivity index (χ0n) is 11.5. The van der Waals surface area contributed by atoms with Crippen LogP contribution < -0.4 is 10.6 Å². The molecule has 0 bridgehead atoms. The average molecular weight is 249 g/mol. The van der Waals surface area contributed by atoms with Crippen LogP contribution in [0, 0.1) is 0 Å². The number of guanidine groups is 1. The van der Waals surface area contributed by atoms with Crippen molar-refractivity contribution >= 4 is 5.96 Å². The van der Waals surface area contributed by atoms with Gasteiger partial charge in [0.25, 0.3) is 0 Å². The van der Waals surface area contributed by atoms with Gasteiger partial charge in [-0.2, -0.15) is 0 Å². The van der Waals surface area contributed by atoms with E-state index in [0.29, 0.717) is 13.2 Å². The highest BCUT2D eigenvalue weighted by Crippen LogP contribution is 2.07. The second-order valence-electron chi connectivity index (χ2n) is 3.98. The molecule has 0 aliphatic heterocycles. The minimum Gasteiger partial charge on any atom is -0.380 e. The van der Waals surface area contributed by atoms with Crippen LogP contribution in [-0.2, 0) is 17.9 Å². The first kappa shape index (κ1) is 14.5. The van der Waals surface area contributed by atoms with Gasteiger partial charge in [-0.05, 0) is 25.0 Å². The molecule has 0 radical (unpaired) electrons. The fraction of sp³-hybridized carbons (Fsp3) is 0.500. The Hall–Kier alpha value is -1.55. The van der Waals surface area contributed by atoms with Crippen LogP contribution >= 0.6 is 0 Å². The summed E-state index contributed by atoms with van der Waals surface area (Å²) < 4.78 is 5.13. The van der Waals surface area contributed by atoms with E-state index >= 15 is 0 Å². The Morgan fingerprint density at radius 3 is 2.44 bits per heavy atom. The molecule has 0 saturated heterocycles. The standard InChI is InChI=1S/C14H23N3O/c1-4-15-14(16-5-2)17-10-12-7-6-8-13(9-12)11-18-3/h6-9H,4-5,10-11H2,1-3H3,(H2,15,16,17). The molecule has 0 saturated carbocycles. The summed E-state index contributed by atoms with van der Waals surface area (Å²) in [6, 6.07) is 8.31. The SMILES string of the molecule is CCNC(=NCc1cccc(COC)c1)NCC. The first-order valence-corrected chi connectivity index (χ1v) is 6.39. The van der Waals surface area contributed by atoms with Crippen molar-refractivity contribution in [2.75, 3.05) is 20.2 Å². The fourth-order valence-corrected chi connectivity index (χ4v) is 1.66. The number of ether oxygens (including phenoxy) is 1. The van der Waals surface area contributed by atoms with Crippen molar-refractivity contribution < 1.29 is 4.74 Å². The molecule has 18 heavy (non-hydrogen) atoms. The fourth-order valence-electron chi connectivity index (χ4n) is 1.66. The van der Waals surface area contributed by atoms with Gasteiger partial charge < -0.3 is 15.4 Å². The lowest BCUT2D eigenvalue weighted by atomic mass is 10.1. The van der Waals surface area contributed by atoms with Gasteiger partial charge in [0, 0.05) is 20.2 Å². The van der Waals surface area contributed by atoms with Gasteiger partial charge in [-0.15, -0.1) is 0 Å². The van der Waals surface area contributed by atoms with Crippen LogP contribution in [0.2, 0.25) is 0 Å². The van der Waals surface area contributed by atoms with E-state index in [0.717, 1.165) is 19.0 Å². The molecule has 0 amide bonds. The Balaban J connectivity index is 2.64. The number of hydrogen-bond donors (Lipinski definition) is 2. The van der Waals surface area contributed by atoms with Gasteiger partial charge in [0.2, 0.25) is 0 Å². The zero-order valence-corrected chi connectivity index (χ0v) is 11.5. The minimum absolute atomic E-state index is 0.644. The van der Waals surface area contributed by atoms with Crippen LogP contribution in [0.4, 0.5) is 0 Å². The highest BCUT2D eigenvalue weighted by Gasteiger charge is 1.97. The number of hydrogen-bond acceptors (Lipinski definition) is 2. The summed E-state index contributed by atoms with van der Waals surface area (Å²) in [4.78, 5) is 4.53. The highest BCUT2D eigenvalue weighted by atomic mass is 16.5. The molecule has 1 rings (SSSR count). The lowest BCUT2D eigenvalue weighted by Gasteiger charge is -2.09. The van der Waals surface area contributed by atoms with Gasteiger partial charge in [0.05, 0.1) is 13.2 Å². The summed E-state index contributed by atoms with van der Waals surface area (Å²) in [5.41, 5.74) is 2.37. The second-order valence-corrected chi connectivity index (χ2v) is 3.98. The third-order valence-electron chi connectivity index (χ3n) is 2.41. The van der Waals surface area contributed by atoms with E-state index in [4.69, 9.17) is 4.74 Å². The van der Waals surface area contributed by atoms with Crippen molar-refractivity contribution in [2.24, 2.45) is 4.99 Å². The highest BCUT2D eigenvalue weighted by molar-refractivity contribution is 5.79. The molecule has 0 aromatic heterocycles. The van der Waals surface area contributed by atoms with E-state index in [-0.39, 0.29) is 0 Å². The van der Waals surface area contributed by atoms with Crippen molar-refractivity contribution in [3.05, 3.63) is 35.4 Å². The largest absolute Gasteiger partial charge is 0.380 e. The second kappa shape index (κ2) is 8.53. The normalized spacial score (nSPS) is 9.94. The average Bonchev–Trinajstić information content (AvgIpc) is 2.37. The predicted molar refractivity (Wildman–Crippen MR) is 75.6 cm³/mol. The molecule has 0 atom stereocenters. The third-order valence-corrected chi connectivity index (χ3v) is 2.41. The van der Waals surface area contributed by atoms with Crippen molar-refractivity contribution in [3.63, 3.8) is 0 Å². The molecular weight excluding hydrogens is 226 g/mol. The van der Waals surface area contributed by atoms with Gasteiger partial charge in [-0.25, -0.2) is 4.99 Å². The molecule has 0 fully saturated rings. The van der Waals surface area contributed by atoms with E-state index in [2.05, 4.69) is 47.7 Å². The van der Waals surface area contributed by atoms with Gasteiger partial charge >= 0.3 is 0 Å². The lowest BCUT2D eigenvalue weighted by molar-refractivity contribution is 0.185. The van der Waals surface area contributed by atoms with Crippen LogP contribution in [0.15, 0.2) is 29.3 Å². The number of nitrogens with zero attached hydrogens (tertiary/aromatic N) is 1. The molecule has 1 aromatic rings. The summed E-state index contributed by atoms with van der Waals surface area (Å²) >= 11 is 0. The van der Waals surface area contributed by atoms with E-state index < -0.39 is 0 Å². The van der Waals surface area contributed by atoms with Crippen LogP contribution in [0.25, 0.3) is 0 Å². The Morgan fingerprint density at radius 2 is 1.83 bits per heavy atom. The summed E-state index contributed by atoms with van der Waals surface area (Å²) in [5.74, 6) is 0.858. The molecule has 0 unspecified atom stereocenters. The van der Waals surface area contributed by atoms with Crippen LogP contribution in [0.1, 0.15) is 25.0 Å². The maximum Gasteiger partial charge on any atom is 0.191 e. The molecule has 0 aliphatic carbocycles. The molecule has 0 spiro atoms. The molecule has 1 aromatic carbocycles. The first-order chi connectivity index (χ1) is 8.80. The maximum absolute atomic E-state index is 5.13. The number of benzene rings is 1. The van der Waals surface area contributed by atoms with E-state index in [1.807, 2.05) is 6.07 Å². The molecule has 100 valence electrons. The smallest absolute Gasteiger partial charge is 0.191 e. The van der Waals surface area contributed by atoms with Crippen molar-refractivity contribution in [1.82, 2.24) is 10.6 Å². The van der Waals surface area contributed by atoms with Crippen LogP contribution in [0.3, 0.4) is 0 Å². The van der Waals surface area contributed by atoms with Gasteiger partial charge in [-0.1, -0.05) is 24.3 Å². The summed E-state index contributed by atoms with van der Waals surface area (Å²) in [5, 5.41) is 6.42. The first-order valence-electron chi connectivity index (χ1n) is 6.39. The van der Waals surface area contributed by atoms with Crippen molar-refractivity contribution in [3.8, 4) is 0 Å². The summed E-state index contributed by atoms with van der Waals surface area (Å²) in [6.07, 6.45) is 0. The van der Waals surface area contributed by atoms with E-state index in [9.17, 15) is 0 Å². The van der Waals surface area contributed by atoms with Crippen molar-refractivity contribution in [1.29, 1.82) is 0 Å². The molecule has 0 aliphatic rings.